The van der Waals surface area contributed by atoms with Gasteiger partial charge in [-0.15, -0.1) is 0 Å². The number of rotatable bonds is 4. The lowest BCUT2D eigenvalue weighted by Gasteiger charge is -2.07. The third-order valence-electron chi connectivity index (χ3n) is 2.55. The molecule has 1 heterocycles. The fraction of sp³-hybridized carbons (Fsp3) is 0.143. The summed E-state index contributed by atoms with van der Waals surface area (Å²) in [5.74, 6) is -0.995. The molecule has 104 valence electrons. The van der Waals surface area contributed by atoms with Gasteiger partial charge in [0.2, 0.25) is 0 Å². The molecule has 0 fully saturated rings. The number of amides is 1. The Kier molecular flexibility index (Phi) is 4.53. The van der Waals surface area contributed by atoms with Crippen LogP contribution in [0.4, 0.5) is 15.8 Å². The summed E-state index contributed by atoms with van der Waals surface area (Å²) in [6.45, 7) is 2.70. The van der Waals surface area contributed by atoms with Gasteiger partial charge in [-0.25, -0.2) is 4.39 Å². The summed E-state index contributed by atoms with van der Waals surface area (Å²) in [6, 6.07) is 7.47. The molecule has 20 heavy (non-hydrogen) atoms. The van der Waals surface area contributed by atoms with Gasteiger partial charge in [0, 0.05) is 24.1 Å². The Balaban J connectivity index is 2.15. The number of anilines is 2. The van der Waals surface area contributed by atoms with E-state index < -0.39 is 11.7 Å². The van der Waals surface area contributed by atoms with Gasteiger partial charge in [0.15, 0.2) is 0 Å². The summed E-state index contributed by atoms with van der Waals surface area (Å²) in [5, 5.41) is 5.66. The van der Waals surface area contributed by atoms with Gasteiger partial charge < -0.3 is 10.6 Å². The van der Waals surface area contributed by atoms with Crippen molar-refractivity contribution in [1.82, 2.24) is 4.98 Å². The fourth-order valence-electron chi connectivity index (χ4n) is 1.64. The highest BCUT2D eigenvalue weighted by atomic mass is 35.5. The van der Waals surface area contributed by atoms with Crippen LogP contribution in [0.15, 0.2) is 36.5 Å². The number of hydrogen-bond acceptors (Lipinski definition) is 3. The first kappa shape index (κ1) is 14.3. The second-order valence-electron chi connectivity index (χ2n) is 4.04. The van der Waals surface area contributed by atoms with Gasteiger partial charge in [0.05, 0.1) is 5.02 Å². The van der Waals surface area contributed by atoms with E-state index in [9.17, 15) is 9.18 Å². The van der Waals surface area contributed by atoms with Crippen LogP contribution in [-0.4, -0.2) is 17.4 Å². The summed E-state index contributed by atoms with van der Waals surface area (Å²) in [7, 11) is 0. The molecule has 0 saturated heterocycles. The molecular formula is C14H13ClFN3O. The predicted molar refractivity (Wildman–Crippen MR) is 77.8 cm³/mol. The quantitative estimate of drug-likeness (QED) is 0.906. The molecule has 0 unspecified atom stereocenters. The number of hydrogen-bond donors (Lipinski definition) is 2. The van der Waals surface area contributed by atoms with Crippen molar-refractivity contribution in [1.29, 1.82) is 0 Å². The van der Waals surface area contributed by atoms with Gasteiger partial charge in [-0.3, -0.25) is 9.78 Å². The Bertz CT molecular complexity index is 634. The molecule has 0 radical (unpaired) electrons. The fourth-order valence-corrected chi connectivity index (χ4v) is 1.76. The van der Waals surface area contributed by atoms with Crippen molar-refractivity contribution in [2.24, 2.45) is 0 Å². The van der Waals surface area contributed by atoms with Crippen molar-refractivity contribution in [3.8, 4) is 0 Å². The molecule has 1 aromatic carbocycles. The third kappa shape index (κ3) is 3.45. The van der Waals surface area contributed by atoms with E-state index >= 15 is 0 Å². The molecule has 2 aromatic rings. The van der Waals surface area contributed by atoms with Gasteiger partial charge >= 0.3 is 0 Å². The normalized spacial score (nSPS) is 10.2. The maximum absolute atomic E-state index is 13.3. The van der Waals surface area contributed by atoms with Crippen molar-refractivity contribution in [2.45, 2.75) is 6.92 Å². The molecule has 1 aromatic heterocycles. The highest BCUT2D eigenvalue weighted by molar-refractivity contribution is 6.30. The van der Waals surface area contributed by atoms with Crippen LogP contribution >= 0.6 is 11.6 Å². The van der Waals surface area contributed by atoms with E-state index in [2.05, 4.69) is 15.6 Å². The van der Waals surface area contributed by atoms with Crippen LogP contribution in [0.3, 0.4) is 0 Å². The number of carbonyl (C=O) groups is 1. The average molecular weight is 294 g/mol. The van der Waals surface area contributed by atoms with Crippen LogP contribution in [0.25, 0.3) is 0 Å². The molecule has 0 aliphatic carbocycles. The van der Waals surface area contributed by atoms with Gasteiger partial charge in [-0.05, 0) is 37.3 Å². The summed E-state index contributed by atoms with van der Waals surface area (Å²) >= 11 is 5.58. The first-order valence-electron chi connectivity index (χ1n) is 6.06. The topological polar surface area (TPSA) is 54.0 Å². The zero-order chi connectivity index (χ0) is 14.5. The molecule has 0 aliphatic heterocycles. The van der Waals surface area contributed by atoms with Crippen LogP contribution < -0.4 is 10.6 Å². The molecule has 2 rings (SSSR count). The van der Waals surface area contributed by atoms with Crippen LogP contribution in [0.5, 0.6) is 0 Å². The number of nitrogens with zero attached hydrogens (tertiary/aromatic N) is 1. The second-order valence-corrected chi connectivity index (χ2v) is 4.45. The molecular weight excluding hydrogens is 281 g/mol. The summed E-state index contributed by atoms with van der Waals surface area (Å²) in [4.78, 5) is 16.0. The largest absolute Gasteiger partial charge is 0.385 e. The van der Waals surface area contributed by atoms with Crippen molar-refractivity contribution >= 4 is 28.9 Å². The molecule has 4 nitrogen and oxygen atoms in total. The maximum atomic E-state index is 13.3. The van der Waals surface area contributed by atoms with Crippen molar-refractivity contribution in [3.63, 3.8) is 0 Å². The van der Waals surface area contributed by atoms with E-state index in [0.29, 0.717) is 5.69 Å². The van der Waals surface area contributed by atoms with Crippen molar-refractivity contribution < 1.29 is 9.18 Å². The highest BCUT2D eigenvalue weighted by Gasteiger charge is 2.09. The first-order valence-corrected chi connectivity index (χ1v) is 6.44. The molecule has 0 bridgehead atoms. The summed E-state index contributed by atoms with van der Waals surface area (Å²) in [6.07, 6.45) is 1.54. The smallest absolute Gasteiger partial charge is 0.274 e. The predicted octanol–water partition coefficient (Wildman–Crippen LogP) is 3.56. The van der Waals surface area contributed by atoms with Gasteiger partial charge in [0.25, 0.3) is 5.91 Å². The molecule has 1 amide bonds. The molecule has 0 atom stereocenters. The van der Waals surface area contributed by atoms with Gasteiger partial charge in [0.1, 0.15) is 11.5 Å². The Morgan fingerprint density at radius 2 is 2.10 bits per heavy atom. The number of halogens is 2. The van der Waals surface area contributed by atoms with Crippen LogP contribution in [0, 0.1) is 5.82 Å². The van der Waals surface area contributed by atoms with Crippen LogP contribution in [0.1, 0.15) is 17.4 Å². The maximum Gasteiger partial charge on any atom is 0.274 e. The first-order chi connectivity index (χ1) is 9.60. The second kappa shape index (κ2) is 6.34. The van der Waals surface area contributed by atoms with E-state index in [1.54, 1.807) is 12.1 Å². The lowest BCUT2D eigenvalue weighted by Crippen LogP contribution is -2.14. The number of aromatic nitrogens is 1. The lowest BCUT2D eigenvalue weighted by atomic mass is 10.2. The molecule has 0 saturated carbocycles. The minimum Gasteiger partial charge on any atom is -0.385 e. The van der Waals surface area contributed by atoms with E-state index in [-0.39, 0.29) is 10.7 Å². The number of pyridine rings is 1. The minimum atomic E-state index is -0.584. The highest BCUT2D eigenvalue weighted by Crippen LogP contribution is 2.19. The molecule has 0 aliphatic rings. The zero-order valence-electron chi connectivity index (χ0n) is 10.8. The Hall–Kier alpha value is -2.14. The minimum absolute atomic E-state index is 0.00951. The van der Waals surface area contributed by atoms with Crippen LogP contribution in [-0.2, 0) is 0 Å². The van der Waals surface area contributed by atoms with E-state index in [4.69, 9.17) is 11.6 Å². The monoisotopic (exact) mass is 293 g/mol. The lowest BCUT2D eigenvalue weighted by molar-refractivity contribution is 0.102. The number of carbonyl (C=O) groups excluding carboxylic acids is 1. The van der Waals surface area contributed by atoms with Crippen molar-refractivity contribution in [2.75, 3.05) is 17.2 Å². The zero-order valence-corrected chi connectivity index (χ0v) is 11.5. The Labute approximate surface area is 121 Å². The summed E-state index contributed by atoms with van der Waals surface area (Å²) in [5.41, 5.74) is 1.38. The van der Waals surface area contributed by atoms with E-state index in [0.717, 1.165) is 18.3 Å². The molecule has 2 N–H and O–H groups in total. The SMILES string of the molecule is CCNc1ccnc(C(=O)Nc2ccc(Cl)c(F)c2)c1. The van der Waals surface area contributed by atoms with E-state index in [1.165, 1.54) is 18.3 Å². The molecule has 6 heteroatoms. The van der Waals surface area contributed by atoms with E-state index in [1.807, 2.05) is 6.92 Å². The van der Waals surface area contributed by atoms with Gasteiger partial charge in [-0.1, -0.05) is 11.6 Å². The average Bonchev–Trinajstić information content (AvgIpc) is 2.43. The number of nitrogens with one attached hydrogen (secondary N) is 2. The Morgan fingerprint density at radius 1 is 1.30 bits per heavy atom. The number of benzene rings is 1. The third-order valence-corrected chi connectivity index (χ3v) is 2.86. The molecule has 0 spiro atoms. The summed E-state index contributed by atoms with van der Waals surface area (Å²) < 4.78 is 13.3. The van der Waals surface area contributed by atoms with Gasteiger partial charge in [-0.2, -0.15) is 0 Å². The Morgan fingerprint density at radius 3 is 2.80 bits per heavy atom. The van der Waals surface area contributed by atoms with Crippen molar-refractivity contribution in [3.05, 3.63) is 53.1 Å². The standard InChI is InChI=1S/C14H13ClFN3O/c1-2-17-9-5-6-18-13(8-9)14(20)19-10-3-4-11(15)12(16)7-10/h3-8H,2H2,1H3,(H,17,18)(H,19,20). The van der Waals surface area contributed by atoms with Crippen LogP contribution in [0.2, 0.25) is 5.02 Å².